The number of rotatable bonds is 11. The molecule has 7 unspecified atom stereocenters. The maximum Gasteiger partial charge on any atom is 0.481 e. The van der Waals surface area contributed by atoms with Gasteiger partial charge in [0, 0.05) is 0 Å². The fourth-order valence-electron chi connectivity index (χ4n) is 4.17. The molecule has 2 saturated heterocycles. The second-order valence-corrected chi connectivity index (χ2v) is 13.5. The predicted molar refractivity (Wildman–Crippen MR) is 136 cm³/mol. The van der Waals surface area contributed by atoms with Gasteiger partial charge in [0.05, 0.1) is 13.2 Å². The van der Waals surface area contributed by atoms with Crippen LogP contribution in [-0.2, 0) is 39.2 Å². The van der Waals surface area contributed by atoms with Crippen LogP contribution in [-0.4, -0.2) is 133 Å². The number of aliphatic hydroxyl groups excluding tert-OH is 5. The average Bonchev–Trinajstić information content (AvgIpc) is 3.46. The third-order valence-electron chi connectivity index (χ3n) is 6.35. The average molecular weight is 664 g/mol. The van der Waals surface area contributed by atoms with Crippen molar-refractivity contribution in [2.45, 2.75) is 60.9 Å². The highest BCUT2D eigenvalue weighted by Crippen LogP contribution is 2.62. The van der Waals surface area contributed by atoms with Crippen LogP contribution in [0.1, 0.15) is 6.23 Å². The molecule has 0 bridgehead atoms. The Kier molecular flexibility index (Phi) is 9.78. The first-order valence-electron chi connectivity index (χ1n) is 11.7. The fourth-order valence-corrected chi connectivity index (χ4v) is 7.27. The molecular weight excluding hydrogens is 637 g/mol. The SMILES string of the molecule is C=C[C@@]1(O)[C@H](O)[C@@H](COP(O)(=S)OP(=O)(O)OC2OC([C@@H](F)CO)C(O)C(O)C2O)O[C@H]1n1nnc2c(N)ncnc21. The van der Waals surface area contributed by atoms with Gasteiger partial charge >= 0.3 is 14.5 Å². The lowest BCUT2D eigenvalue weighted by atomic mass is 9.94. The number of nitrogen functional groups attached to an aromatic ring is 1. The third kappa shape index (κ3) is 6.40. The summed E-state index contributed by atoms with van der Waals surface area (Å²) >= 11 is 4.71. The minimum absolute atomic E-state index is 0.0144. The third-order valence-corrected chi connectivity index (χ3v) is 9.86. The first-order chi connectivity index (χ1) is 19.5. The molecule has 24 heteroatoms. The summed E-state index contributed by atoms with van der Waals surface area (Å²) in [5.74, 6) is -0.0362. The Balaban J connectivity index is 1.44. The molecule has 4 heterocycles. The Morgan fingerprint density at radius 2 is 1.93 bits per heavy atom. The summed E-state index contributed by atoms with van der Waals surface area (Å²) in [5, 5.41) is 68.3. The minimum Gasteiger partial charge on any atom is -0.393 e. The fraction of sp³-hybridized carbons (Fsp3) is 0.667. The predicted octanol–water partition coefficient (Wildman–Crippen LogP) is -3.52. The van der Waals surface area contributed by atoms with E-state index in [0.29, 0.717) is 0 Å². The van der Waals surface area contributed by atoms with Crippen molar-refractivity contribution in [3.05, 3.63) is 19.0 Å². The minimum atomic E-state index is -5.53. The van der Waals surface area contributed by atoms with Crippen molar-refractivity contribution in [3.8, 4) is 0 Å². The van der Waals surface area contributed by atoms with Gasteiger partial charge < -0.3 is 60.2 Å². The highest BCUT2D eigenvalue weighted by molar-refractivity contribution is 8.08. The van der Waals surface area contributed by atoms with Gasteiger partial charge in [-0.2, -0.15) is 4.68 Å². The second kappa shape index (κ2) is 12.4. The van der Waals surface area contributed by atoms with E-state index in [2.05, 4.69) is 35.7 Å². The molecular formula is C18H27FN6O14P2S. The number of nitrogens with two attached hydrogens (primary N) is 1. The van der Waals surface area contributed by atoms with Crippen LogP contribution >= 0.6 is 14.5 Å². The molecule has 236 valence electrons. The number of alkyl halides is 1. The number of hydrogen-bond donors (Lipinski definition) is 9. The second-order valence-electron chi connectivity index (χ2n) is 9.09. The molecule has 2 aromatic heterocycles. The summed E-state index contributed by atoms with van der Waals surface area (Å²) in [7, 11) is -5.53. The van der Waals surface area contributed by atoms with Crippen LogP contribution in [0.5, 0.6) is 0 Å². The summed E-state index contributed by atoms with van der Waals surface area (Å²) in [6.07, 6.45) is -15.8. The van der Waals surface area contributed by atoms with E-state index in [9.17, 15) is 44.3 Å². The molecule has 0 aromatic carbocycles. The molecule has 0 spiro atoms. The van der Waals surface area contributed by atoms with Crippen LogP contribution in [0.3, 0.4) is 0 Å². The Morgan fingerprint density at radius 3 is 2.57 bits per heavy atom. The number of nitrogens with zero attached hydrogens (tertiary/aromatic N) is 5. The zero-order valence-corrected chi connectivity index (χ0v) is 23.6. The van der Waals surface area contributed by atoms with Gasteiger partial charge in [-0.1, -0.05) is 17.9 Å². The van der Waals surface area contributed by atoms with Crippen molar-refractivity contribution in [3.63, 3.8) is 0 Å². The highest BCUT2D eigenvalue weighted by atomic mass is 32.5. The van der Waals surface area contributed by atoms with E-state index in [4.69, 9.17) is 36.6 Å². The lowest BCUT2D eigenvalue weighted by Gasteiger charge is -2.41. The van der Waals surface area contributed by atoms with E-state index in [1.54, 1.807) is 0 Å². The molecule has 10 N–H and O–H groups in total. The Hall–Kier alpha value is -1.69. The number of halogens is 1. The van der Waals surface area contributed by atoms with Gasteiger partial charge in [0.15, 0.2) is 41.3 Å². The van der Waals surface area contributed by atoms with Gasteiger partial charge in [-0.3, -0.25) is 4.52 Å². The van der Waals surface area contributed by atoms with Gasteiger partial charge in [-0.15, -0.1) is 5.10 Å². The van der Waals surface area contributed by atoms with Crippen LogP contribution in [0.25, 0.3) is 11.2 Å². The topological polar surface area (TPSA) is 308 Å². The summed E-state index contributed by atoms with van der Waals surface area (Å²) < 4.78 is 52.0. The van der Waals surface area contributed by atoms with E-state index < -0.39 is 88.7 Å². The quantitative estimate of drug-likeness (QED) is 0.0830. The van der Waals surface area contributed by atoms with Crippen LogP contribution in [0.4, 0.5) is 10.2 Å². The summed E-state index contributed by atoms with van der Waals surface area (Å²) in [6.45, 7) is -3.32. The van der Waals surface area contributed by atoms with Gasteiger partial charge in [-0.05, 0) is 11.8 Å². The number of ether oxygens (including phenoxy) is 2. The highest BCUT2D eigenvalue weighted by Gasteiger charge is 2.56. The number of hydrogen-bond acceptors (Lipinski definition) is 18. The van der Waals surface area contributed by atoms with Gasteiger partial charge in [0.25, 0.3) is 0 Å². The van der Waals surface area contributed by atoms with Crippen molar-refractivity contribution in [2.75, 3.05) is 18.9 Å². The van der Waals surface area contributed by atoms with Crippen LogP contribution in [0.2, 0.25) is 0 Å². The van der Waals surface area contributed by atoms with E-state index in [0.717, 1.165) is 17.1 Å². The molecule has 0 aliphatic carbocycles. The number of fused-ring (bicyclic) bond motifs is 1. The zero-order valence-electron chi connectivity index (χ0n) is 21.0. The van der Waals surface area contributed by atoms with Crippen molar-refractivity contribution in [2.24, 2.45) is 0 Å². The monoisotopic (exact) mass is 664 g/mol. The summed E-state index contributed by atoms with van der Waals surface area (Å²) in [4.78, 5) is 28.2. The molecule has 2 aliphatic heterocycles. The van der Waals surface area contributed by atoms with E-state index in [1.165, 1.54) is 0 Å². The molecule has 12 atom stereocenters. The zero-order chi connectivity index (χ0) is 31.2. The van der Waals surface area contributed by atoms with Crippen molar-refractivity contribution in [1.82, 2.24) is 25.0 Å². The largest absolute Gasteiger partial charge is 0.481 e. The van der Waals surface area contributed by atoms with Crippen LogP contribution < -0.4 is 5.73 Å². The molecule has 42 heavy (non-hydrogen) atoms. The van der Waals surface area contributed by atoms with Gasteiger partial charge in [0.1, 0.15) is 43.0 Å². The summed E-state index contributed by atoms with van der Waals surface area (Å²) in [5.41, 5.74) is 3.56. The van der Waals surface area contributed by atoms with Crippen LogP contribution in [0, 0.1) is 0 Å². The molecule has 2 aliphatic rings. The number of aromatic nitrogens is 5. The maximum atomic E-state index is 13.9. The molecule has 20 nitrogen and oxygen atoms in total. The molecule has 0 radical (unpaired) electrons. The maximum absolute atomic E-state index is 13.9. The Morgan fingerprint density at radius 1 is 1.24 bits per heavy atom. The first kappa shape index (κ1) is 33.2. The van der Waals surface area contributed by atoms with E-state index in [1.807, 2.05) is 0 Å². The molecule has 2 fully saturated rings. The molecule has 4 rings (SSSR count). The van der Waals surface area contributed by atoms with E-state index in [-0.39, 0.29) is 17.0 Å². The summed E-state index contributed by atoms with van der Waals surface area (Å²) in [6, 6.07) is 0. The van der Waals surface area contributed by atoms with Crippen LogP contribution in [0.15, 0.2) is 19.0 Å². The number of aliphatic hydroxyl groups is 6. The molecule has 0 saturated carbocycles. The normalized spacial score (nSPS) is 37.3. The molecule has 0 amide bonds. The number of phosphoric acid groups is 1. The number of phosphoric ester groups is 1. The van der Waals surface area contributed by atoms with Crippen molar-refractivity contribution < 1.29 is 72.2 Å². The first-order valence-corrected chi connectivity index (χ1v) is 15.8. The molecule has 2 aromatic rings. The van der Waals surface area contributed by atoms with Crippen molar-refractivity contribution in [1.29, 1.82) is 0 Å². The van der Waals surface area contributed by atoms with Gasteiger partial charge in [0.2, 0.25) is 0 Å². The lowest BCUT2D eigenvalue weighted by Crippen LogP contribution is -2.60. The lowest BCUT2D eigenvalue weighted by molar-refractivity contribution is -0.287. The van der Waals surface area contributed by atoms with Gasteiger partial charge in [-0.25, -0.2) is 23.2 Å². The smallest absolute Gasteiger partial charge is 0.393 e. The standard InChI is InChI=1S/C18H27FN6O14P2S/c1-2-18(31)13(30)7(36-17(18)25-15-8(23-24-25)14(20)21-5-22-15)4-35-41(34,42)39-40(32,33)38-16-11(29)9(27)10(28)12(37-16)6(19)3-26/h2,5-7,9-13,16-17,26-31H,1,3-4H2,(H,32,33)(H,34,42)(H2,20,21,22)/t6-,7+,9?,10?,11?,12?,13+,16?,17+,18+,41?/m0/s1. The van der Waals surface area contributed by atoms with Crippen molar-refractivity contribution >= 4 is 43.3 Å². The van der Waals surface area contributed by atoms with E-state index >= 15 is 0 Å². The number of anilines is 1. The Labute approximate surface area is 239 Å². The Bertz CT molecular complexity index is 1400.